The van der Waals surface area contributed by atoms with Gasteiger partial charge in [0.25, 0.3) is 5.56 Å². The van der Waals surface area contributed by atoms with Gasteiger partial charge in [0.2, 0.25) is 5.91 Å². The molecule has 3 saturated carbocycles. The Kier molecular flexibility index (Phi) is 4.42. The van der Waals surface area contributed by atoms with Crippen LogP contribution in [0.4, 0.5) is 0 Å². The molecule has 1 heterocycles. The van der Waals surface area contributed by atoms with Crippen molar-refractivity contribution in [2.75, 3.05) is 0 Å². The summed E-state index contributed by atoms with van der Waals surface area (Å²) < 4.78 is 1.71. The highest BCUT2D eigenvalue weighted by Gasteiger charge is 2.30. The smallest absolute Gasteiger partial charge is 0.267 e. The number of hydrogen-bond acceptors (Lipinski definition) is 3. The molecule has 3 aliphatic carbocycles. The third-order valence-electron chi connectivity index (χ3n) is 5.96. The maximum Gasteiger partial charge on any atom is 0.267 e. The largest absolute Gasteiger partial charge is 0.353 e. The predicted octanol–water partition coefficient (Wildman–Crippen LogP) is 2.91. The Balaban J connectivity index is 1.35. The van der Waals surface area contributed by atoms with Gasteiger partial charge < -0.3 is 5.32 Å². The van der Waals surface area contributed by atoms with Crippen LogP contribution in [0.3, 0.4) is 0 Å². The molecule has 5 nitrogen and oxygen atoms in total. The van der Waals surface area contributed by atoms with E-state index in [4.69, 9.17) is 0 Å². The monoisotopic (exact) mass is 329 g/mol. The van der Waals surface area contributed by atoms with Gasteiger partial charge in [-0.1, -0.05) is 12.8 Å². The molecular weight excluding hydrogens is 302 g/mol. The second-order valence-electron chi connectivity index (χ2n) is 7.81. The van der Waals surface area contributed by atoms with Crippen LogP contribution in [0.2, 0.25) is 0 Å². The van der Waals surface area contributed by atoms with Crippen molar-refractivity contribution in [2.24, 2.45) is 5.92 Å². The molecule has 1 aromatic heterocycles. The van der Waals surface area contributed by atoms with E-state index in [1.807, 2.05) is 6.07 Å². The van der Waals surface area contributed by atoms with Crippen molar-refractivity contribution in [2.45, 2.75) is 82.2 Å². The van der Waals surface area contributed by atoms with Crippen LogP contribution in [0.15, 0.2) is 16.9 Å². The zero-order valence-corrected chi connectivity index (χ0v) is 14.2. The Hall–Kier alpha value is -1.65. The van der Waals surface area contributed by atoms with Gasteiger partial charge >= 0.3 is 0 Å². The molecule has 3 aliphatic rings. The van der Waals surface area contributed by atoms with E-state index >= 15 is 0 Å². The Labute approximate surface area is 142 Å². The summed E-state index contributed by atoms with van der Waals surface area (Å²) >= 11 is 0. The average Bonchev–Trinajstić information content (AvgIpc) is 3.30. The van der Waals surface area contributed by atoms with E-state index in [2.05, 4.69) is 10.4 Å². The zero-order chi connectivity index (χ0) is 16.5. The van der Waals surface area contributed by atoms with Crippen LogP contribution >= 0.6 is 0 Å². The lowest BCUT2D eigenvalue weighted by molar-refractivity contribution is -0.125. The van der Waals surface area contributed by atoms with Crippen LogP contribution in [0.5, 0.6) is 0 Å². The lowest BCUT2D eigenvalue weighted by atomic mass is 9.90. The minimum absolute atomic E-state index is 0.0119. The van der Waals surface area contributed by atoms with Crippen molar-refractivity contribution >= 4 is 5.91 Å². The molecule has 24 heavy (non-hydrogen) atoms. The molecule has 1 amide bonds. The molecule has 0 atom stereocenters. The minimum atomic E-state index is 0.0119. The Morgan fingerprint density at radius 2 is 1.71 bits per heavy atom. The van der Waals surface area contributed by atoms with Gasteiger partial charge in [-0.05, 0) is 57.4 Å². The maximum absolute atomic E-state index is 12.3. The second-order valence-corrected chi connectivity index (χ2v) is 7.81. The molecule has 1 aromatic rings. The summed E-state index contributed by atoms with van der Waals surface area (Å²) in [6.07, 6.45) is 10.6. The molecule has 0 radical (unpaired) electrons. The standard InChI is InChI=1S/C19H27N3O2/c23-18-12-11-17(13-5-6-13)21-22(18)16-9-7-15(8-10-16)20-19(24)14-3-1-2-4-14/h11-16H,1-10H2,(H,20,24). The quantitative estimate of drug-likeness (QED) is 0.924. The van der Waals surface area contributed by atoms with Crippen molar-refractivity contribution in [3.8, 4) is 0 Å². The molecule has 4 rings (SSSR count). The van der Waals surface area contributed by atoms with Crippen LogP contribution in [-0.2, 0) is 4.79 Å². The fourth-order valence-corrected chi connectivity index (χ4v) is 4.27. The van der Waals surface area contributed by atoms with E-state index in [9.17, 15) is 9.59 Å². The SMILES string of the molecule is O=C(NC1CCC(n2nc(C3CC3)ccc2=O)CC1)C1CCCC1. The summed E-state index contributed by atoms with van der Waals surface area (Å²) in [6, 6.07) is 4.03. The molecular formula is C19H27N3O2. The first-order chi connectivity index (χ1) is 11.7. The van der Waals surface area contributed by atoms with Crippen LogP contribution in [0, 0.1) is 5.92 Å². The molecule has 0 spiro atoms. The van der Waals surface area contributed by atoms with E-state index in [1.165, 1.54) is 25.7 Å². The minimum Gasteiger partial charge on any atom is -0.353 e. The summed E-state index contributed by atoms with van der Waals surface area (Å²) in [5.41, 5.74) is 1.09. The first-order valence-corrected chi connectivity index (χ1v) is 9.61. The van der Waals surface area contributed by atoms with E-state index in [1.54, 1.807) is 10.7 Å². The second kappa shape index (κ2) is 6.69. The number of carbonyl (C=O) groups excluding carboxylic acids is 1. The van der Waals surface area contributed by atoms with Gasteiger partial charge in [0.15, 0.2) is 0 Å². The molecule has 1 N–H and O–H groups in total. The Morgan fingerprint density at radius 1 is 1.00 bits per heavy atom. The predicted molar refractivity (Wildman–Crippen MR) is 91.9 cm³/mol. The molecule has 5 heteroatoms. The van der Waals surface area contributed by atoms with Crippen LogP contribution < -0.4 is 10.9 Å². The van der Waals surface area contributed by atoms with Gasteiger partial charge in [0, 0.05) is 23.9 Å². The van der Waals surface area contributed by atoms with Crippen LogP contribution in [0.1, 0.15) is 81.9 Å². The fourth-order valence-electron chi connectivity index (χ4n) is 4.27. The highest BCUT2D eigenvalue weighted by atomic mass is 16.2. The third-order valence-corrected chi connectivity index (χ3v) is 5.96. The van der Waals surface area contributed by atoms with Gasteiger partial charge in [-0.3, -0.25) is 9.59 Å². The van der Waals surface area contributed by atoms with Gasteiger partial charge in [0.05, 0.1) is 11.7 Å². The van der Waals surface area contributed by atoms with Gasteiger partial charge in [-0.25, -0.2) is 4.68 Å². The van der Waals surface area contributed by atoms with E-state index in [0.717, 1.165) is 44.2 Å². The number of hydrogen-bond donors (Lipinski definition) is 1. The van der Waals surface area contributed by atoms with E-state index < -0.39 is 0 Å². The summed E-state index contributed by atoms with van der Waals surface area (Å²) in [6.45, 7) is 0. The molecule has 0 aromatic carbocycles. The topological polar surface area (TPSA) is 64.0 Å². The summed E-state index contributed by atoms with van der Waals surface area (Å²) in [7, 11) is 0. The van der Waals surface area contributed by atoms with Crippen molar-refractivity contribution in [3.05, 3.63) is 28.2 Å². The molecule has 0 unspecified atom stereocenters. The fraction of sp³-hybridized carbons (Fsp3) is 0.737. The summed E-state index contributed by atoms with van der Waals surface area (Å²) in [5.74, 6) is 1.06. The van der Waals surface area contributed by atoms with Gasteiger partial charge in [0.1, 0.15) is 0 Å². The number of amides is 1. The van der Waals surface area contributed by atoms with Crippen LogP contribution in [-0.4, -0.2) is 21.7 Å². The normalized spacial score (nSPS) is 28.0. The number of nitrogens with zero attached hydrogens (tertiary/aromatic N) is 2. The number of aromatic nitrogens is 2. The van der Waals surface area contributed by atoms with E-state index in [-0.39, 0.29) is 29.5 Å². The first kappa shape index (κ1) is 15.9. The Bertz CT molecular complexity index is 651. The molecule has 0 bridgehead atoms. The molecule has 3 fully saturated rings. The zero-order valence-electron chi connectivity index (χ0n) is 14.2. The van der Waals surface area contributed by atoms with E-state index in [0.29, 0.717) is 5.92 Å². The van der Waals surface area contributed by atoms with Gasteiger partial charge in [-0.15, -0.1) is 0 Å². The summed E-state index contributed by atoms with van der Waals surface area (Å²) in [4.78, 5) is 24.4. The van der Waals surface area contributed by atoms with Crippen molar-refractivity contribution in [1.82, 2.24) is 15.1 Å². The molecule has 130 valence electrons. The lowest BCUT2D eigenvalue weighted by Gasteiger charge is -2.30. The maximum atomic E-state index is 12.3. The lowest BCUT2D eigenvalue weighted by Crippen LogP contribution is -2.41. The van der Waals surface area contributed by atoms with Crippen molar-refractivity contribution in [3.63, 3.8) is 0 Å². The molecule has 0 aliphatic heterocycles. The number of nitrogens with one attached hydrogen (secondary N) is 1. The highest BCUT2D eigenvalue weighted by molar-refractivity contribution is 5.79. The number of carbonyl (C=O) groups is 1. The Morgan fingerprint density at radius 3 is 2.38 bits per heavy atom. The third kappa shape index (κ3) is 3.40. The van der Waals surface area contributed by atoms with Crippen molar-refractivity contribution in [1.29, 1.82) is 0 Å². The highest BCUT2D eigenvalue weighted by Crippen LogP contribution is 2.38. The van der Waals surface area contributed by atoms with Crippen molar-refractivity contribution < 1.29 is 4.79 Å². The first-order valence-electron chi connectivity index (χ1n) is 9.61. The van der Waals surface area contributed by atoms with Gasteiger partial charge in [-0.2, -0.15) is 5.10 Å². The molecule has 0 saturated heterocycles. The average molecular weight is 329 g/mol. The summed E-state index contributed by atoms with van der Waals surface area (Å²) in [5, 5.41) is 7.86. The number of rotatable bonds is 4. The van der Waals surface area contributed by atoms with Crippen LogP contribution in [0.25, 0.3) is 0 Å².